The van der Waals surface area contributed by atoms with Crippen molar-refractivity contribution in [3.8, 4) is 11.5 Å². The van der Waals surface area contributed by atoms with E-state index in [1.165, 1.54) is 12.7 Å². The van der Waals surface area contributed by atoms with Crippen molar-refractivity contribution in [2.45, 2.75) is 13.3 Å². The molecule has 0 aliphatic rings. The Balaban J connectivity index is 1.58. The van der Waals surface area contributed by atoms with Gasteiger partial charge in [0.15, 0.2) is 12.4 Å². The summed E-state index contributed by atoms with van der Waals surface area (Å²) in [5.74, 6) is 0.463. The van der Waals surface area contributed by atoms with E-state index in [0.29, 0.717) is 33.7 Å². The highest BCUT2D eigenvalue weighted by Crippen LogP contribution is 2.33. The van der Waals surface area contributed by atoms with Crippen LogP contribution in [0, 0.1) is 0 Å². The van der Waals surface area contributed by atoms with Crippen LogP contribution < -0.4 is 14.8 Å². The summed E-state index contributed by atoms with van der Waals surface area (Å²) in [5.41, 5.74) is 2.41. The number of benzene rings is 3. The van der Waals surface area contributed by atoms with Gasteiger partial charge in [-0.1, -0.05) is 43.3 Å². The van der Waals surface area contributed by atoms with Crippen molar-refractivity contribution in [2.75, 3.05) is 19.0 Å². The van der Waals surface area contributed by atoms with Crippen molar-refractivity contribution in [3.05, 3.63) is 89.7 Å². The van der Waals surface area contributed by atoms with Crippen LogP contribution >= 0.6 is 0 Å². The molecule has 0 radical (unpaired) electrons. The first-order valence-electron chi connectivity index (χ1n) is 10.3. The molecule has 32 heavy (non-hydrogen) atoms. The number of ketones is 1. The van der Waals surface area contributed by atoms with Crippen LogP contribution in [0.15, 0.2) is 77.2 Å². The lowest BCUT2D eigenvalue weighted by molar-refractivity contribution is -0.118. The minimum Gasteiger partial charge on any atom is -0.497 e. The highest BCUT2D eigenvalue weighted by atomic mass is 16.5. The molecule has 4 rings (SSSR count). The molecule has 6 nitrogen and oxygen atoms in total. The molecule has 162 valence electrons. The first kappa shape index (κ1) is 21.2. The number of methoxy groups -OCH3 is 1. The Morgan fingerprint density at radius 3 is 2.47 bits per heavy atom. The summed E-state index contributed by atoms with van der Waals surface area (Å²) in [6.07, 6.45) is 0.929. The summed E-state index contributed by atoms with van der Waals surface area (Å²) in [4.78, 5) is 25.8. The Kier molecular flexibility index (Phi) is 6.22. The number of nitrogens with one attached hydrogen (secondary N) is 1. The molecule has 0 aliphatic carbocycles. The minimum atomic E-state index is -0.393. The van der Waals surface area contributed by atoms with Crippen LogP contribution in [-0.2, 0) is 11.2 Å². The number of hydrogen-bond donors (Lipinski definition) is 1. The zero-order valence-electron chi connectivity index (χ0n) is 17.9. The second-order valence-electron chi connectivity index (χ2n) is 7.20. The van der Waals surface area contributed by atoms with E-state index in [-0.39, 0.29) is 18.2 Å². The van der Waals surface area contributed by atoms with Crippen LogP contribution in [0.1, 0.15) is 28.6 Å². The Labute approximate surface area is 185 Å². The van der Waals surface area contributed by atoms with Crippen molar-refractivity contribution in [2.24, 2.45) is 0 Å². The van der Waals surface area contributed by atoms with E-state index in [4.69, 9.17) is 13.9 Å². The van der Waals surface area contributed by atoms with Gasteiger partial charge >= 0.3 is 0 Å². The maximum absolute atomic E-state index is 13.2. The van der Waals surface area contributed by atoms with Gasteiger partial charge in [0.2, 0.25) is 5.78 Å². The summed E-state index contributed by atoms with van der Waals surface area (Å²) in [5, 5.41) is 3.43. The fourth-order valence-electron chi connectivity index (χ4n) is 3.37. The number of carbonyl (C=O) groups excluding carboxylic acids is 2. The predicted octanol–water partition coefficient (Wildman–Crippen LogP) is 5.25. The molecule has 3 aromatic carbocycles. The van der Waals surface area contributed by atoms with Gasteiger partial charge in [0.25, 0.3) is 5.91 Å². The second kappa shape index (κ2) is 9.39. The number of furan rings is 1. The smallest absolute Gasteiger partial charge is 0.262 e. The Morgan fingerprint density at radius 2 is 1.72 bits per heavy atom. The lowest BCUT2D eigenvalue weighted by Gasteiger charge is -2.09. The van der Waals surface area contributed by atoms with E-state index < -0.39 is 5.91 Å². The first-order chi connectivity index (χ1) is 15.6. The summed E-state index contributed by atoms with van der Waals surface area (Å²) in [7, 11) is 1.53. The van der Waals surface area contributed by atoms with Crippen molar-refractivity contribution >= 4 is 28.3 Å². The number of hydrogen-bond acceptors (Lipinski definition) is 5. The molecule has 0 saturated carbocycles. The minimum absolute atomic E-state index is 0.0556. The number of aryl methyl sites for hydroxylation is 1. The largest absolute Gasteiger partial charge is 0.497 e. The van der Waals surface area contributed by atoms with Crippen LogP contribution in [0.5, 0.6) is 11.5 Å². The van der Waals surface area contributed by atoms with Gasteiger partial charge < -0.3 is 19.2 Å². The monoisotopic (exact) mass is 429 g/mol. The zero-order chi connectivity index (χ0) is 22.5. The number of carbonyl (C=O) groups is 2. The third kappa shape index (κ3) is 4.49. The van der Waals surface area contributed by atoms with E-state index in [1.54, 1.807) is 42.5 Å². The Morgan fingerprint density at radius 1 is 0.938 bits per heavy atom. The Bertz CT molecular complexity index is 1260. The maximum atomic E-state index is 13.2. The summed E-state index contributed by atoms with van der Waals surface area (Å²) >= 11 is 0. The number of amides is 1. The molecule has 1 amide bonds. The molecule has 0 fully saturated rings. The van der Waals surface area contributed by atoms with Gasteiger partial charge in [-0.05, 0) is 48.4 Å². The summed E-state index contributed by atoms with van der Waals surface area (Å²) < 4.78 is 16.6. The van der Waals surface area contributed by atoms with Crippen LogP contribution in [0.3, 0.4) is 0 Å². The molecule has 0 spiro atoms. The highest BCUT2D eigenvalue weighted by molar-refractivity contribution is 6.17. The van der Waals surface area contributed by atoms with Crippen molar-refractivity contribution in [1.82, 2.24) is 0 Å². The lowest BCUT2D eigenvalue weighted by Crippen LogP contribution is -2.21. The van der Waals surface area contributed by atoms with Gasteiger partial charge in [-0.2, -0.15) is 0 Å². The van der Waals surface area contributed by atoms with E-state index in [1.807, 2.05) is 30.3 Å². The fourth-order valence-corrected chi connectivity index (χ4v) is 3.37. The maximum Gasteiger partial charge on any atom is 0.262 e. The third-order valence-electron chi connectivity index (χ3n) is 5.10. The van der Waals surface area contributed by atoms with E-state index >= 15 is 0 Å². The Hall–Kier alpha value is -4.06. The molecule has 0 saturated heterocycles. The lowest BCUT2D eigenvalue weighted by atomic mass is 10.1. The van der Waals surface area contributed by atoms with Crippen LogP contribution in [0.2, 0.25) is 0 Å². The van der Waals surface area contributed by atoms with Gasteiger partial charge in [-0.25, -0.2) is 0 Å². The zero-order valence-corrected chi connectivity index (χ0v) is 17.9. The molecule has 1 aromatic heterocycles. The fraction of sp³-hybridized carbons (Fsp3) is 0.154. The molecular weight excluding hydrogens is 406 g/mol. The van der Waals surface area contributed by atoms with E-state index in [9.17, 15) is 9.59 Å². The average Bonchev–Trinajstić information content (AvgIpc) is 3.20. The van der Waals surface area contributed by atoms with Gasteiger partial charge in [-0.15, -0.1) is 0 Å². The number of para-hydroxylation sites is 1. The van der Waals surface area contributed by atoms with Crippen LogP contribution in [0.4, 0.5) is 5.69 Å². The molecule has 1 heterocycles. The first-order valence-corrected chi connectivity index (χ1v) is 10.3. The SMILES string of the molecule is CCc1ccc(OCC(=O)Nc2c(C(=O)c3cccc(OC)c3)oc3ccccc23)cc1. The molecule has 0 atom stereocenters. The molecule has 1 N–H and O–H groups in total. The number of fused-ring (bicyclic) bond motifs is 1. The normalized spacial score (nSPS) is 10.7. The van der Waals surface area contributed by atoms with Gasteiger partial charge in [0.05, 0.1) is 12.8 Å². The topological polar surface area (TPSA) is 77.8 Å². The standard InChI is InChI=1S/C26H23NO5/c1-3-17-11-13-19(14-12-17)31-16-23(28)27-24-21-9-4-5-10-22(21)32-26(24)25(29)18-7-6-8-20(15-18)30-2/h4-15H,3,16H2,1-2H3,(H,27,28). The van der Waals surface area contributed by atoms with E-state index in [2.05, 4.69) is 12.2 Å². The van der Waals surface area contributed by atoms with Crippen molar-refractivity contribution in [3.63, 3.8) is 0 Å². The second-order valence-corrected chi connectivity index (χ2v) is 7.20. The van der Waals surface area contributed by atoms with Gasteiger partial charge in [0.1, 0.15) is 17.1 Å². The van der Waals surface area contributed by atoms with Gasteiger partial charge in [0, 0.05) is 10.9 Å². The number of rotatable bonds is 8. The highest BCUT2D eigenvalue weighted by Gasteiger charge is 2.23. The third-order valence-corrected chi connectivity index (χ3v) is 5.10. The van der Waals surface area contributed by atoms with Crippen molar-refractivity contribution in [1.29, 1.82) is 0 Å². The molecule has 6 heteroatoms. The van der Waals surface area contributed by atoms with E-state index in [0.717, 1.165) is 6.42 Å². The molecule has 0 bridgehead atoms. The number of ether oxygens (including phenoxy) is 2. The molecule has 0 aliphatic heterocycles. The quantitative estimate of drug-likeness (QED) is 0.387. The average molecular weight is 429 g/mol. The van der Waals surface area contributed by atoms with Gasteiger partial charge in [-0.3, -0.25) is 9.59 Å². The van der Waals surface area contributed by atoms with Crippen molar-refractivity contribution < 1.29 is 23.5 Å². The molecule has 4 aromatic rings. The summed E-state index contributed by atoms with van der Waals surface area (Å²) in [6, 6.07) is 21.5. The number of anilines is 1. The molecule has 0 unspecified atom stereocenters. The van der Waals surface area contributed by atoms with Crippen LogP contribution in [-0.4, -0.2) is 25.4 Å². The van der Waals surface area contributed by atoms with Crippen LogP contribution in [0.25, 0.3) is 11.0 Å². The predicted molar refractivity (Wildman–Crippen MR) is 123 cm³/mol. The molecular formula is C26H23NO5. The summed E-state index contributed by atoms with van der Waals surface area (Å²) in [6.45, 7) is 1.88.